The Morgan fingerprint density at radius 1 is 1.43 bits per heavy atom. The van der Waals surface area contributed by atoms with E-state index >= 15 is 0 Å². The largest absolute Gasteiger partial charge is 0.480 e. The number of carboxylic acid groups (broad SMARTS) is 1. The maximum atomic E-state index is 10.4. The number of allylic oxidation sites excluding steroid dienone is 1. The minimum absolute atomic E-state index is 0.0775. The zero-order valence-electron chi connectivity index (χ0n) is 7.47. The molecule has 3 N–H and O–H groups in total. The number of carbonyl (C=O) groups is 1. The van der Waals surface area contributed by atoms with E-state index in [-0.39, 0.29) is 5.38 Å². The van der Waals surface area contributed by atoms with Crippen LogP contribution in [-0.2, 0) is 4.79 Å². The average Bonchev–Trinajstić information content (AvgIpc) is 2.02. The summed E-state index contributed by atoms with van der Waals surface area (Å²) in [5.74, 6) is -1.78. The molecule has 0 radical (unpaired) electrons. The van der Waals surface area contributed by atoms with Crippen LogP contribution in [0, 0.1) is 0 Å². The number of alkyl halides is 1. The van der Waals surface area contributed by atoms with E-state index in [0.29, 0.717) is 12.8 Å². The highest BCUT2D eigenvalue weighted by atomic mass is 35.5. The molecule has 14 heavy (non-hydrogen) atoms. The van der Waals surface area contributed by atoms with Crippen molar-refractivity contribution in [3.05, 3.63) is 12.2 Å². The van der Waals surface area contributed by atoms with Gasteiger partial charge >= 0.3 is 5.97 Å². The summed E-state index contributed by atoms with van der Waals surface area (Å²) < 4.78 is 19.1. The normalized spacial score (nSPS) is 28.8. The van der Waals surface area contributed by atoms with Crippen LogP contribution in [0.15, 0.2) is 12.2 Å². The smallest absolute Gasteiger partial charge is 0.322 e. The molecule has 6 heteroatoms. The molecule has 0 bridgehead atoms. The molecule has 1 aliphatic carbocycles. The predicted octanol–water partition coefficient (Wildman–Crippen LogP) is 2.15. The Bertz CT molecular complexity index is 254. The van der Waals surface area contributed by atoms with Gasteiger partial charge in [-0.25, -0.2) is 0 Å². The maximum absolute atomic E-state index is 10.4. The zero-order valence-corrected chi connectivity index (χ0v) is 9.04. The SMILES string of the molecule is O=C(O)CS(O)(O)C1C=CC(Cl)CC1. The van der Waals surface area contributed by atoms with Crippen molar-refractivity contribution in [2.75, 3.05) is 5.75 Å². The lowest BCUT2D eigenvalue weighted by molar-refractivity contribution is -0.134. The number of aliphatic carboxylic acids is 1. The molecule has 0 aromatic rings. The van der Waals surface area contributed by atoms with Gasteiger partial charge in [0.25, 0.3) is 0 Å². The monoisotopic (exact) mass is 240 g/mol. The molecule has 0 aromatic heterocycles. The average molecular weight is 241 g/mol. The van der Waals surface area contributed by atoms with Crippen LogP contribution < -0.4 is 0 Å². The van der Waals surface area contributed by atoms with Crippen molar-refractivity contribution in [3.8, 4) is 0 Å². The van der Waals surface area contributed by atoms with Crippen LogP contribution in [0.1, 0.15) is 12.8 Å². The Morgan fingerprint density at radius 3 is 2.50 bits per heavy atom. The van der Waals surface area contributed by atoms with Crippen LogP contribution in [0.5, 0.6) is 0 Å². The third-order valence-corrected chi connectivity index (χ3v) is 4.48. The molecule has 0 saturated heterocycles. The number of hydrogen-bond donors (Lipinski definition) is 3. The summed E-state index contributed by atoms with van der Waals surface area (Å²) >= 11 is 5.78. The highest BCUT2D eigenvalue weighted by Crippen LogP contribution is 2.48. The summed E-state index contributed by atoms with van der Waals surface area (Å²) in [6.45, 7) is 0. The van der Waals surface area contributed by atoms with Gasteiger partial charge in [0.1, 0.15) is 5.75 Å². The van der Waals surface area contributed by atoms with Crippen LogP contribution in [-0.4, -0.2) is 36.6 Å². The molecule has 2 unspecified atom stereocenters. The molecule has 1 aliphatic rings. The molecule has 0 amide bonds. The van der Waals surface area contributed by atoms with Crippen molar-refractivity contribution in [2.24, 2.45) is 0 Å². The zero-order chi connectivity index (χ0) is 10.8. The molecule has 1 rings (SSSR count). The summed E-state index contributed by atoms with van der Waals surface area (Å²) in [6.07, 6.45) is 4.48. The van der Waals surface area contributed by atoms with Gasteiger partial charge in [-0.2, -0.15) is 10.6 Å². The summed E-state index contributed by atoms with van der Waals surface area (Å²) in [5.41, 5.74) is 0. The fraction of sp³-hybridized carbons (Fsp3) is 0.625. The van der Waals surface area contributed by atoms with Crippen molar-refractivity contribution in [1.82, 2.24) is 0 Å². The summed E-state index contributed by atoms with van der Waals surface area (Å²) in [5, 5.41) is 7.94. The Kier molecular flexibility index (Phi) is 3.83. The van der Waals surface area contributed by atoms with E-state index in [9.17, 15) is 13.9 Å². The highest BCUT2D eigenvalue weighted by Gasteiger charge is 2.28. The molecule has 0 saturated carbocycles. The van der Waals surface area contributed by atoms with Crippen LogP contribution in [0.2, 0.25) is 0 Å². The van der Waals surface area contributed by atoms with E-state index < -0.39 is 27.6 Å². The Morgan fingerprint density at radius 2 is 2.07 bits per heavy atom. The van der Waals surface area contributed by atoms with Gasteiger partial charge in [0.2, 0.25) is 0 Å². The Hall–Kier alpha value is -0.230. The summed E-state index contributed by atoms with van der Waals surface area (Å²) in [7, 11) is -3.05. The Balaban J connectivity index is 2.63. The fourth-order valence-corrected chi connectivity index (χ4v) is 3.01. The first-order chi connectivity index (χ1) is 6.42. The van der Waals surface area contributed by atoms with Crippen LogP contribution >= 0.6 is 22.2 Å². The van der Waals surface area contributed by atoms with Gasteiger partial charge in [-0.3, -0.25) is 13.9 Å². The first-order valence-electron chi connectivity index (χ1n) is 4.21. The minimum atomic E-state index is -3.05. The van der Waals surface area contributed by atoms with E-state index in [0.717, 1.165) is 0 Å². The van der Waals surface area contributed by atoms with Crippen LogP contribution in [0.4, 0.5) is 0 Å². The number of carboxylic acids is 1. The second kappa shape index (κ2) is 4.53. The second-order valence-corrected chi connectivity index (χ2v) is 6.16. The number of halogens is 1. The van der Waals surface area contributed by atoms with Crippen molar-refractivity contribution < 1.29 is 19.0 Å². The van der Waals surface area contributed by atoms with Crippen molar-refractivity contribution in [1.29, 1.82) is 0 Å². The van der Waals surface area contributed by atoms with E-state index in [4.69, 9.17) is 16.7 Å². The van der Waals surface area contributed by atoms with Crippen LogP contribution in [0.25, 0.3) is 0 Å². The predicted molar refractivity (Wildman–Crippen MR) is 57.2 cm³/mol. The lowest BCUT2D eigenvalue weighted by Crippen LogP contribution is -2.25. The van der Waals surface area contributed by atoms with Gasteiger partial charge < -0.3 is 5.11 Å². The lowest BCUT2D eigenvalue weighted by atomic mass is 10.1. The Labute approximate surface area is 88.9 Å². The maximum Gasteiger partial charge on any atom is 0.322 e. The van der Waals surface area contributed by atoms with Gasteiger partial charge in [-0.1, -0.05) is 12.2 Å². The molecule has 0 spiro atoms. The van der Waals surface area contributed by atoms with Crippen molar-refractivity contribution in [3.63, 3.8) is 0 Å². The van der Waals surface area contributed by atoms with Gasteiger partial charge in [0.05, 0.1) is 10.6 Å². The van der Waals surface area contributed by atoms with Gasteiger partial charge in [0, 0.05) is 0 Å². The molecular formula is C8H13ClO4S. The molecule has 82 valence electrons. The fourth-order valence-electron chi connectivity index (χ4n) is 1.36. The first kappa shape index (κ1) is 11.8. The summed E-state index contributed by atoms with van der Waals surface area (Å²) in [6, 6.07) is 0. The second-order valence-electron chi connectivity index (χ2n) is 3.27. The van der Waals surface area contributed by atoms with E-state index in [1.54, 1.807) is 12.2 Å². The molecule has 2 atom stereocenters. The molecular weight excluding hydrogens is 228 g/mol. The summed E-state index contributed by atoms with van der Waals surface area (Å²) in [4.78, 5) is 10.4. The quantitative estimate of drug-likeness (QED) is 0.522. The van der Waals surface area contributed by atoms with Gasteiger partial charge in [0.15, 0.2) is 0 Å². The molecule has 0 fully saturated rings. The van der Waals surface area contributed by atoms with Gasteiger partial charge in [-0.05, 0) is 12.8 Å². The van der Waals surface area contributed by atoms with Crippen molar-refractivity contribution in [2.45, 2.75) is 23.5 Å². The van der Waals surface area contributed by atoms with Crippen molar-refractivity contribution >= 4 is 28.2 Å². The topological polar surface area (TPSA) is 77.8 Å². The van der Waals surface area contributed by atoms with E-state index in [2.05, 4.69) is 0 Å². The third kappa shape index (κ3) is 3.16. The van der Waals surface area contributed by atoms with E-state index in [1.165, 1.54) is 0 Å². The van der Waals surface area contributed by atoms with Crippen LogP contribution in [0.3, 0.4) is 0 Å². The van der Waals surface area contributed by atoms with E-state index in [1.807, 2.05) is 0 Å². The molecule has 0 aromatic carbocycles. The minimum Gasteiger partial charge on any atom is -0.480 e. The standard InChI is InChI=1S/C8H13ClO4S/c9-6-1-3-7(4-2-6)14(12,13)5-8(10)11/h1,3,6-7,12-13H,2,4-5H2,(H,10,11). The molecule has 0 aliphatic heterocycles. The molecule has 0 heterocycles. The first-order valence-corrected chi connectivity index (χ1v) is 6.42. The lowest BCUT2D eigenvalue weighted by Gasteiger charge is -2.39. The number of rotatable bonds is 3. The highest BCUT2D eigenvalue weighted by molar-refractivity contribution is 8.25. The number of hydrogen-bond acceptors (Lipinski definition) is 3. The molecule has 4 nitrogen and oxygen atoms in total. The van der Waals surface area contributed by atoms with Gasteiger partial charge in [-0.15, -0.1) is 11.6 Å². The third-order valence-electron chi connectivity index (χ3n) is 2.08.